The third-order valence-electron chi connectivity index (χ3n) is 9.65. The van der Waals surface area contributed by atoms with Crippen molar-refractivity contribution in [1.82, 2.24) is 14.7 Å². The van der Waals surface area contributed by atoms with Crippen molar-refractivity contribution >= 4 is 17.6 Å². The van der Waals surface area contributed by atoms with Gasteiger partial charge in [0.2, 0.25) is 5.91 Å². The van der Waals surface area contributed by atoms with Crippen LogP contribution in [0, 0.1) is 5.41 Å². The Balaban J connectivity index is 1.15. The number of aryl methyl sites for hydroxylation is 1. The summed E-state index contributed by atoms with van der Waals surface area (Å²) in [6.07, 6.45) is 11.6. The molecule has 4 aliphatic rings. The van der Waals surface area contributed by atoms with Gasteiger partial charge in [0.1, 0.15) is 11.4 Å². The van der Waals surface area contributed by atoms with E-state index in [1.165, 1.54) is 29.5 Å². The Morgan fingerprint density at radius 3 is 2.24 bits per heavy atom. The Morgan fingerprint density at radius 2 is 1.62 bits per heavy atom. The quantitative estimate of drug-likeness (QED) is 0.388. The summed E-state index contributed by atoms with van der Waals surface area (Å²) in [6, 6.07) is 7.21. The van der Waals surface area contributed by atoms with E-state index in [0.29, 0.717) is 25.7 Å². The summed E-state index contributed by atoms with van der Waals surface area (Å²) < 4.78 is 12.2. The second-order valence-corrected chi connectivity index (χ2v) is 13.9. The van der Waals surface area contributed by atoms with Crippen molar-refractivity contribution in [3.8, 4) is 5.75 Å². The molecule has 2 fully saturated rings. The molecule has 230 valence electrons. The fourth-order valence-electron chi connectivity index (χ4n) is 6.89. The maximum atomic E-state index is 13.2. The molecule has 3 heterocycles. The molecule has 0 bridgehead atoms. The number of piperidine rings is 1. The van der Waals surface area contributed by atoms with Gasteiger partial charge in [0.05, 0.1) is 6.61 Å². The van der Waals surface area contributed by atoms with E-state index in [9.17, 15) is 9.59 Å². The molecule has 0 radical (unpaired) electrons. The first-order valence-electron chi connectivity index (χ1n) is 16.3. The minimum Gasteiger partial charge on any atom is -0.487 e. The monoisotopic (exact) mass is 577 g/mol. The number of allylic oxidation sites excluding steroid dienone is 3. The first kappa shape index (κ1) is 30.7. The van der Waals surface area contributed by atoms with Crippen molar-refractivity contribution in [3.05, 3.63) is 47.1 Å². The first-order chi connectivity index (χ1) is 20.1. The molecule has 0 unspecified atom stereocenters. The first-order valence-corrected chi connectivity index (χ1v) is 16.3. The van der Waals surface area contributed by atoms with Crippen molar-refractivity contribution < 1.29 is 19.1 Å². The lowest BCUT2D eigenvalue weighted by atomic mass is 9.82. The molecule has 7 nitrogen and oxygen atoms in total. The predicted octanol–water partition coefficient (Wildman–Crippen LogP) is 6.47. The van der Waals surface area contributed by atoms with E-state index in [4.69, 9.17) is 9.47 Å². The summed E-state index contributed by atoms with van der Waals surface area (Å²) >= 11 is 0. The number of hydrogen-bond donors (Lipinski definition) is 0. The van der Waals surface area contributed by atoms with E-state index in [1.807, 2.05) is 4.90 Å². The predicted molar refractivity (Wildman–Crippen MR) is 168 cm³/mol. The molecular formula is C35H51N3O4. The average molecular weight is 578 g/mol. The van der Waals surface area contributed by atoms with Crippen molar-refractivity contribution in [2.24, 2.45) is 5.41 Å². The molecule has 1 aliphatic carbocycles. The van der Waals surface area contributed by atoms with Crippen LogP contribution in [0.5, 0.6) is 5.75 Å². The fraction of sp³-hybridized carbons (Fsp3) is 0.657. The summed E-state index contributed by atoms with van der Waals surface area (Å²) in [5.74, 6) is 1.19. The Bertz CT molecular complexity index is 1190. The van der Waals surface area contributed by atoms with E-state index in [1.54, 1.807) is 0 Å². The lowest BCUT2D eigenvalue weighted by Crippen LogP contribution is -2.52. The average Bonchev–Trinajstić information content (AvgIpc) is 3.00. The van der Waals surface area contributed by atoms with Crippen LogP contribution in [0.15, 0.2) is 35.9 Å². The Labute approximate surface area is 252 Å². The highest BCUT2D eigenvalue weighted by Gasteiger charge is 2.41. The van der Waals surface area contributed by atoms with Crippen molar-refractivity contribution in [2.45, 2.75) is 97.6 Å². The van der Waals surface area contributed by atoms with Gasteiger partial charge < -0.3 is 19.3 Å². The van der Waals surface area contributed by atoms with E-state index < -0.39 is 0 Å². The Kier molecular flexibility index (Phi) is 9.36. The van der Waals surface area contributed by atoms with Crippen LogP contribution in [-0.2, 0) is 16.0 Å². The number of rotatable bonds is 6. The van der Waals surface area contributed by atoms with Crippen LogP contribution in [-0.4, -0.2) is 84.2 Å². The van der Waals surface area contributed by atoms with Crippen molar-refractivity contribution in [1.29, 1.82) is 0 Å². The number of fused-ring (bicyclic) bond motifs is 1. The van der Waals surface area contributed by atoms with E-state index in [0.717, 1.165) is 76.0 Å². The fourth-order valence-corrected chi connectivity index (χ4v) is 6.89. The van der Waals surface area contributed by atoms with Gasteiger partial charge in [-0.1, -0.05) is 52.8 Å². The van der Waals surface area contributed by atoms with E-state index in [-0.39, 0.29) is 23.0 Å². The number of carbonyl (C=O) groups excluding carboxylic acids is 2. The number of amides is 2. The minimum atomic E-state index is -0.208. The SMILES string of the molecule is CCC(CC)N1CCN(C(=O)C2=CC=C(c3ccc4c(c3)CCC3(CCN(C(=O)OCC(C)(C)C)CC3)O4)CC2)CC1. The number of carbonyl (C=O) groups is 2. The lowest BCUT2D eigenvalue weighted by Gasteiger charge is -2.44. The lowest BCUT2D eigenvalue weighted by molar-refractivity contribution is -0.129. The van der Waals surface area contributed by atoms with Gasteiger partial charge in [-0.15, -0.1) is 0 Å². The number of piperazine rings is 1. The number of hydrogen-bond acceptors (Lipinski definition) is 5. The topological polar surface area (TPSA) is 62.3 Å². The molecule has 7 heteroatoms. The molecule has 1 spiro atoms. The number of benzene rings is 1. The maximum absolute atomic E-state index is 13.2. The molecule has 0 N–H and O–H groups in total. The third-order valence-corrected chi connectivity index (χ3v) is 9.65. The molecule has 1 aromatic carbocycles. The molecule has 3 aliphatic heterocycles. The molecule has 42 heavy (non-hydrogen) atoms. The Morgan fingerprint density at radius 1 is 0.905 bits per heavy atom. The van der Waals surface area contributed by atoms with Crippen LogP contribution >= 0.6 is 0 Å². The van der Waals surface area contributed by atoms with Crippen LogP contribution in [0.4, 0.5) is 4.79 Å². The normalized spacial score (nSPS) is 21.0. The second kappa shape index (κ2) is 12.8. The highest BCUT2D eigenvalue weighted by molar-refractivity contribution is 5.95. The van der Waals surface area contributed by atoms with Crippen LogP contribution in [0.1, 0.15) is 90.7 Å². The summed E-state index contributed by atoms with van der Waals surface area (Å²) in [5, 5.41) is 0. The van der Waals surface area contributed by atoms with Gasteiger partial charge in [-0.2, -0.15) is 0 Å². The van der Waals surface area contributed by atoms with Gasteiger partial charge in [0.25, 0.3) is 0 Å². The maximum Gasteiger partial charge on any atom is 0.409 e. The van der Waals surface area contributed by atoms with Crippen molar-refractivity contribution in [2.75, 3.05) is 45.9 Å². The summed E-state index contributed by atoms with van der Waals surface area (Å²) in [7, 11) is 0. The second-order valence-electron chi connectivity index (χ2n) is 13.9. The smallest absolute Gasteiger partial charge is 0.409 e. The van der Waals surface area contributed by atoms with E-state index >= 15 is 0 Å². The zero-order valence-corrected chi connectivity index (χ0v) is 26.5. The van der Waals surface area contributed by atoms with Gasteiger partial charge in [0, 0.05) is 63.7 Å². The molecule has 0 atom stereocenters. The Hall–Kier alpha value is -2.80. The van der Waals surface area contributed by atoms with Gasteiger partial charge in [-0.3, -0.25) is 9.69 Å². The minimum absolute atomic E-state index is 0.0338. The largest absolute Gasteiger partial charge is 0.487 e. The van der Waals surface area contributed by atoms with Gasteiger partial charge in [-0.25, -0.2) is 4.79 Å². The third kappa shape index (κ3) is 7.04. The summed E-state index contributed by atoms with van der Waals surface area (Å²) in [4.78, 5) is 32.2. The number of nitrogens with zero attached hydrogens (tertiary/aromatic N) is 3. The number of ether oxygens (including phenoxy) is 2. The molecule has 0 aromatic heterocycles. The summed E-state index contributed by atoms with van der Waals surface area (Å²) in [5.41, 5.74) is 4.48. The van der Waals surface area contributed by atoms with Crippen LogP contribution in [0.3, 0.4) is 0 Å². The van der Waals surface area contributed by atoms with Gasteiger partial charge in [0.15, 0.2) is 0 Å². The zero-order valence-electron chi connectivity index (χ0n) is 26.5. The van der Waals surface area contributed by atoms with Crippen LogP contribution in [0.2, 0.25) is 0 Å². The standard InChI is InChI=1S/C35H51N3O4/c1-6-30(7-2)36-20-22-37(23-21-36)32(39)27-10-8-26(9-11-27)28-12-13-31-29(24-28)14-15-35(42-31)16-18-38(19-17-35)33(40)41-25-34(3,4)5/h8,10,12-13,24,30H,6-7,9,11,14-23,25H2,1-5H3. The highest BCUT2D eigenvalue weighted by atomic mass is 16.6. The molecule has 2 amide bonds. The van der Waals surface area contributed by atoms with Crippen molar-refractivity contribution in [3.63, 3.8) is 0 Å². The van der Waals surface area contributed by atoms with E-state index in [2.05, 4.69) is 74.8 Å². The molecule has 1 aromatic rings. The molecule has 5 rings (SSSR count). The van der Waals surface area contributed by atoms with Gasteiger partial charge >= 0.3 is 6.09 Å². The summed E-state index contributed by atoms with van der Waals surface area (Å²) in [6.45, 7) is 16.1. The molecule has 0 saturated carbocycles. The van der Waals surface area contributed by atoms with Crippen LogP contribution < -0.4 is 4.74 Å². The zero-order chi connectivity index (χ0) is 29.9. The van der Waals surface area contributed by atoms with Gasteiger partial charge in [-0.05, 0) is 72.8 Å². The molecule has 2 saturated heterocycles. The number of likely N-dealkylation sites (tertiary alicyclic amines) is 1. The highest BCUT2D eigenvalue weighted by Crippen LogP contribution is 2.41. The van der Waals surface area contributed by atoms with Crippen LogP contribution in [0.25, 0.3) is 5.57 Å². The molecular weight excluding hydrogens is 526 g/mol.